The molecule has 0 aromatic heterocycles. The summed E-state index contributed by atoms with van der Waals surface area (Å²) in [6.07, 6.45) is -1.00. The van der Waals surface area contributed by atoms with Crippen LogP contribution in [0.25, 0.3) is 0 Å². The molecular weight excluding hydrogens is 400 g/mol. The van der Waals surface area contributed by atoms with Crippen LogP contribution in [0.5, 0.6) is 0 Å². The highest BCUT2D eigenvalue weighted by atomic mass is 16.6. The van der Waals surface area contributed by atoms with Crippen LogP contribution >= 0.6 is 0 Å². The smallest absolute Gasteiger partial charge is 0.407 e. The lowest BCUT2D eigenvalue weighted by molar-refractivity contribution is -0.136. The molecule has 0 aromatic carbocycles. The predicted octanol–water partition coefficient (Wildman–Crippen LogP) is 0.371. The van der Waals surface area contributed by atoms with E-state index in [9.17, 15) is 19.2 Å². The minimum atomic E-state index is -0.924. The van der Waals surface area contributed by atoms with E-state index in [1.54, 1.807) is 41.5 Å². The monoisotopic (exact) mass is 436 g/mol. The van der Waals surface area contributed by atoms with Crippen LogP contribution in [0.3, 0.4) is 0 Å². The molecule has 2 amide bonds. The Labute approximate surface area is 177 Å². The normalized spacial score (nSPS) is 10.9. The first-order valence-electron chi connectivity index (χ1n) is 9.41. The molecule has 0 aliphatic rings. The highest BCUT2D eigenvalue weighted by molar-refractivity contribution is 5.69. The number of alkyl carbamates (subject to hydrolysis) is 2. The van der Waals surface area contributed by atoms with Crippen LogP contribution in [0.2, 0.25) is 0 Å². The lowest BCUT2D eigenvalue weighted by Crippen LogP contribution is -2.37. The average Bonchev–Trinajstić information content (AvgIpc) is 2.50. The van der Waals surface area contributed by atoms with Gasteiger partial charge >= 0.3 is 24.1 Å². The van der Waals surface area contributed by atoms with Gasteiger partial charge in [0.15, 0.2) is 0 Å². The number of aliphatic carboxylic acids is 2. The SMILES string of the molecule is CC(C)(C)OC(=O)NCCNCC(=O)O.CC(C)(C)OC(=O)NCCNCC(=O)O. The molecule has 0 unspecified atom stereocenters. The topological polar surface area (TPSA) is 175 Å². The minimum Gasteiger partial charge on any atom is -0.480 e. The average molecular weight is 437 g/mol. The molecule has 0 fully saturated rings. The fourth-order valence-corrected chi connectivity index (χ4v) is 1.52. The van der Waals surface area contributed by atoms with Gasteiger partial charge in [0.1, 0.15) is 11.2 Å². The Morgan fingerprint density at radius 3 is 1.17 bits per heavy atom. The number of carbonyl (C=O) groups is 4. The largest absolute Gasteiger partial charge is 0.480 e. The molecular formula is C18H36N4O8. The Bertz CT molecular complexity index is 493. The Balaban J connectivity index is 0. The number of carboxylic acid groups (broad SMARTS) is 2. The van der Waals surface area contributed by atoms with E-state index >= 15 is 0 Å². The molecule has 0 radical (unpaired) electrons. The number of carboxylic acids is 2. The number of hydrogen-bond donors (Lipinski definition) is 6. The van der Waals surface area contributed by atoms with Crippen molar-refractivity contribution in [1.82, 2.24) is 21.3 Å². The summed E-state index contributed by atoms with van der Waals surface area (Å²) in [4.78, 5) is 42.4. The van der Waals surface area contributed by atoms with Crippen molar-refractivity contribution in [3.8, 4) is 0 Å². The second kappa shape index (κ2) is 15.3. The first-order chi connectivity index (χ1) is 13.6. The van der Waals surface area contributed by atoms with Crippen LogP contribution in [0, 0.1) is 0 Å². The molecule has 30 heavy (non-hydrogen) atoms. The van der Waals surface area contributed by atoms with Crippen molar-refractivity contribution in [2.45, 2.75) is 52.7 Å². The van der Waals surface area contributed by atoms with Crippen molar-refractivity contribution < 1.29 is 38.9 Å². The molecule has 12 heteroatoms. The zero-order valence-electron chi connectivity index (χ0n) is 18.6. The first-order valence-corrected chi connectivity index (χ1v) is 9.41. The zero-order valence-corrected chi connectivity index (χ0v) is 18.6. The zero-order chi connectivity index (χ0) is 23.8. The molecule has 0 aliphatic carbocycles. The second-order valence-electron chi connectivity index (χ2n) is 8.00. The summed E-state index contributed by atoms with van der Waals surface area (Å²) in [6, 6.07) is 0. The molecule has 176 valence electrons. The highest BCUT2D eigenvalue weighted by Gasteiger charge is 2.16. The first kappa shape index (κ1) is 29.6. The van der Waals surface area contributed by atoms with Crippen molar-refractivity contribution in [3.63, 3.8) is 0 Å². The van der Waals surface area contributed by atoms with Crippen molar-refractivity contribution >= 4 is 24.1 Å². The third-order valence-corrected chi connectivity index (χ3v) is 2.49. The summed E-state index contributed by atoms with van der Waals surface area (Å²) in [7, 11) is 0. The van der Waals surface area contributed by atoms with Crippen molar-refractivity contribution in [2.75, 3.05) is 39.3 Å². The van der Waals surface area contributed by atoms with Gasteiger partial charge in [-0.25, -0.2) is 9.59 Å². The molecule has 0 saturated heterocycles. The number of hydrogen-bond acceptors (Lipinski definition) is 8. The minimum absolute atomic E-state index is 0.115. The van der Waals surface area contributed by atoms with Gasteiger partial charge in [0.05, 0.1) is 13.1 Å². The molecule has 0 bridgehead atoms. The van der Waals surface area contributed by atoms with Gasteiger partial charge in [0.25, 0.3) is 0 Å². The highest BCUT2D eigenvalue weighted by Crippen LogP contribution is 2.06. The third kappa shape index (κ3) is 27.6. The Kier molecular flexibility index (Phi) is 15.1. The lowest BCUT2D eigenvalue weighted by atomic mass is 10.2. The van der Waals surface area contributed by atoms with E-state index in [1.807, 2.05) is 0 Å². The number of amides is 2. The van der Waals surface area contributed by atoms with Crippen molar-refractivity contribution in [3.05, 3.63) is 0 Å². The van der Waals surface area contributed by atoms with Gasteiger partial charge in [0, 0.05) is 26.2 Å². The fraction of sp³-hybridized carbons (Fsp3) is 0.778. The summed E-state index contributed by atoms with van der Waals surface area (Å²) in [5.41, 5.74) is -1.03. The molecule has 0 aliphatic heterocycles. The standard InChI is InChI=1S/2C9H18N2O4/c2*1-9(2,3)15-8(14)11-5-4-10-6-7(12)13/h2*10H,4-6H2,1-3H3,(H,11,14)(H,12,13). The van der Waals surface area contributed by atoms with Gasteiger partial charge < -0.3 is 41.0 Å². The number of carbonyl (C=O) groups excluding carboxylic acids is 2. The predicted molar refractivity (Wildman–Crippen MR) is 109 cm³/mol. The summed E-state index contributed by atoms with van der Waals surface area (Å²) in [5.74, 6) is -1.85. The third-order valence-electron chi connectivity index (χ3n) is 2.49. The number of ether oxygens (including phenoxy) is 2. The fourth-order valence-electron chi connectivity index (χ4n) is 1.52. The molecule has 0 aromatic rings. The Hall–Kier alpha value is -2.60. The van der Waals surface area contributed by atoms with Crippen molar-refractivity contribution in [1.29, 1.82) is 0 Å². The molecule has 0 saturated carbocycles. The summed E-state index contributed by atoms with van der Waals surface area (Å²) in [6.45, 7) is 11.9. The van der Waals surface area contributed by atoms with Crippen LogP contribution in [0.4, 0.5) is 9.59 Å². The lowest BCUT2D eigenvalue weighted by Gasteiger charge is -2.19. The molecule has 6 N–H and O–H groups in total. The van der Waals surface area contributed by atoms with Gasteiger partial charge in [-0.1, -0.05) is 0 Å². The van der Waals surface area contributed by atoms with E-state index in [1.165, 1.54) is 0 Å². The van der Waals surface area contributed by atoms with Gasteiger partial charge in [-0.2, -0.15) is 0 Å². The molecule has 12 nitrogen and oxygen atoms in total. The van der Waals surface area contributed by atoms with E-state index in [0.29, 0.717) is 26.2 Å². The van der Waals surface area contributed by atoms with Gasteiger partial charge in [-0.3, -0.25) is 9.59 Å². The van der Waals surface area contributed by atoms with Gasteiger partial charge in [-0.05, 0) is 41.5 Å². The van der Waals surface area contributed by atoms with E-state index in [0.717, 1.165) is 0 Å². The second-order valence-corrected chi connectivity index (χ2v) is 8.00. The van der Waals surface area contributed by atoms with Crippen LogP contribution in [-0.4, -0.2) is 84.8 Å². The van der Waals surface area contributed by atoms with Gasteiger partial charge in [-0.15, -0.1) is 0 Å². The quantitative estimate of drug-likeness (QED) is 0.262. The van der Waals surface area contributed by atoms with E-state index < -0.39 is 35.3 Å². The van der Waals surface area contributed by atoms with Crippen LogP contribution in [-0.2, 0) is 19.1 Å². The van der Waals surface area contributed by atoms with Crippen LogP contribution < -0.4 is 21.3 Å². The van der Waals surface area contributed by atoms with E-state index in [4.69, 9.17) is 19.7 Å². The summed E-state index contributed by atoms with van der Waals surface area (Å²) >= 11 is 0. The molecule has 0 heterocycles. The maximum Gasteiger partial charge on any atom is 0.407 e. The van der Waals surface area contributed by atoms with Crippen LogP contribution in [0.1, 0.15) is 41.5 Å². The summed E-state index contributed by atoms with van der Waals surface area (Å²) in [5, 5.41) is 26.9. The van der Waals surface area contributed by atoms with Crippen molar-refractivity contribution in [2.24, 2.45) is 0 Å². The number of rotatable bonds is 10. The van der Waals surface area contributed by atoms with E-state index in [-0.39, 0.29) is 13.1 Å². The Morgan fingerprint density at radius 1 is 0.633 bits per heavy atom. The molecule has 0 rings (SSSR count). The summed E-state index contributed by atoms with van der Waals surface area (Å²) < 4.78 is 9.94. The maximum atomic E-state index is 11.1. The van der Waals surface area contributed by atoms with Crippen LogP contribution in [0.15, 0.2) is 0 Å². The van der Waals surface area contributed by atoms with Gasteiger partial charge in [0.2, 0.25) is 0 Å². The molecule has 0 atom stereocenters. The van der Waals surface area contributed by atoms with E-state index in [2.05, 4.69) is 21.3 Å². The Morgan fingerprint density at radius 2 is 0.933 bits per heavy atom. The number of nitrogens with one attached hydrogen (secondary N) is 4. The molecule has 0 spiro atoms. The maximum absolute atomic E-state index is 11.1.